The van der Waals surface area contributed by atoms with Crippen molar-refractivity contribution in [3.8, 4) is 0 Å². The lowest BCUT2D eigenvalue weighted by Crippen LogP contribution is -2.40. The Bertz CT molecular complexity index is 375. The molecule has 17 heavy (non-hydrogen) atoms. The minimum atomic E-state index is 0.414. The Balaban J connectivity index is 1.96. The standard InChI is InChI=1S/C14H20N2O/c1-2-13-11-16(9-8-14(13)15-17)10-12-6-4-3-5-7-12/h3-7,13,17H,2,8-11H2,1H3/b15-14+. The highest BCUT2D eigenvalue weighted by Crippen LogP contribution is 2.19. The van der Waals surface area contributed by atoms with Crippen LogP contribution in [0.2, 0.25) is 0 Å². The normalized spacial score (nSPS) is 24.1. The second-order valence-corrected chi connectivity index (χ2v) is 4.67. The molecular formula is C14H20N2O. The van der Waals surface area contributed by atoms with Crippen LogP contribution in [0.5, 0.6) is 0 Å². The number of benzene rings is 1. The zero-order valence-corrected chi connectivity index (χ0v) is 10.3. The minimum Gasteiger partial charge on any atom is -0.411 e. The molecular weight excluding hydrogens is 212 g/mol. The van der Waals surface area contributed by atoms with Gasteiger partial charge in [-0.1, -0.05) is 42.4 Å². The van der Waals surface area contributed by atoms with Gasteiger partial charge in [0.15, 0.2) is 0 Å². The van der Waals surface area contributed by atoms with E-state index in [1.165, 1.54) is 5.56 Å². The summed E-state index contributed by atoms with van der Waals surface area (Å²) >= 11 is 0. The van der Waals surface area contributed by atoms with E-state index in [1.54, 1.807) is 0 Å². The lowest BCUT2D eigenvalue weighted by molar-refractivity contribution is 0.220. The largest absolute Gasteiger partial charge is 0.411 e. The second kappa shape index (κ2) is 5.82. The molecule has 0 aromatic heterocycles. The van der Waals surface area contributed by atoms with Crippen LogP contribution in [0.25, 0.3) is 0 Å². The van der Waals surface area contributed by atoms with Gasteiger partial charge in [0.2, 0.25) is 0 Å². The lowest BCUT2D eigenvalue weighted by atomic mass is 9.93. The fourth-order valence-electron chi connectivity index (χ4n) is 2.47. The number of hydrogen-bond donors (Lipinski definition) is 1. The van der Waals surface area contributed by atoms with Gasteiger partial charge in [-0.3, -0.25) is 4.90 Å². The summed E-state index contributed by atoms with van der Waals surface area (Å²) in [4.78, 5) is 2.44. The third-order valence-electron chi connectivity index (χ3n) is 3.50. The maximum atomic E-state index is 8.94. The summed E-state index contributed by atoms with van der Waals surface area (Å²) in [6.45, 7) is 5.15. The fourth-order valence-corrected chi connectivity index (χ4v) is 2.47. The molecule has 1 saturated heterocycles. The Kier molecular flexibility index (Phi) is 4.15. The van der Waals surface area contributed by atoms with Gasteiger partial charge >= 0.3 is 0 Å². The zero-order chi connectivity index (χ0) is 12.1. The predicted octanol–water partition coefficient (Wildman–Crippen LogP) is 2.75. The van der Waals surface area contributed by atoms with Crippen LogP contribution in [0.15, 0.2) is 35.5 Å². The van der Waals surface area contributed by atoms with E-state index in [1.807, 2.05) is 6.07 Å². The van der Waals surface area contributed by atoms with Crippen molar-refractivity contribution in [3.63, 3.8) is 0 Å². The minimum absolute atomic E-state index is 0.414. The number of hydrogen-bond acceptors (Lipinski definition) is 3. The van der Waals surface area contributed by atoms with Crippen LogP contribution in [0.4, 0.5) is 0 Å². The smallest absolute Gasteiger partial charge is 0.0627 e. The van der Waals surface area contributed by atoms with Gasteiger partial charge in [-0.05, 0) is 12.0 Å². The first-order chi connectivity index (χ1) is 8.33. The van der Waals surface area contributed by atoms with Crippen LogP contribution in [0, 0.1) is 5.92 Å². The van der Waals surface area contributed by atoms with E-state index in [0.717, 1.165) is 38.2 Å². The molecule has 1 atom stereocenters. The predicted molar refractivity (Wildman–Crippen MR) is 69.3 cm³/mol. The molecule has 1 aromatic rings. The first-order valence-electron chi connectivity index (χ1n) is 6.30. The molecule has 3 heteroatoms. The van der Waals surface area contributed by atoms with Crippen LogP contribution < -0.4 is 0 Å². The molecule has 92 valence electrons. The highest BCUT2D eigenvalue weighted by molar-refractivity contribution is 5.87. The number of piperidine rings is 1. The highest BCUT2D eigenvalue weighted by atomic mass is 16.4. The number of oxime groups is 1. The molecule has 1 unspecified atom stereocenters. The molecule has 1 heterocycles. The lowest BCUT2D eigenvalue weighted by Gasteiger charge is -2.32. The highest BCUT2D eigenvalue weighted by Gasteiger charge is 2.24. The van der Waals surface area contributed by atoms with E-state index in [0.29, 0.717) is 5.92 Å². The van der Waals surface area contributed by atoms with E-state index < -0.39 is 0 Å². The molecule has 0 amide bonds. The van der Waals surface area contributed by atoms with E-state index in [4.69, 9.17) is 5.21 Å². The van der Waals surface area contributed by atoms with E-state index in [-0.39, 0.29) is 0 Å². The molecule has 0 radical (unpaired) electrons. The fraction of sp³-hybridized carbons (Fsp3) is 0.500. The third-order valence-corrected chi connectivity index (χ3v) is 3.50. The maximum Gasteiger partial charge on any atom is 0.0627 e. The Hall–Kier alpha value is -1.35. The summed E-state index contributed by atoms with van der Waals surface area (Å²) in [6, 6.07) is 10.5. The molecule has 1 N–H and O–H groups in total. The Morgan fingerprint density at radius 2 is 2.12 bits per heavy atom. The van der Waals surface area contributed by atoms with Crippen molar-refractivity contribution in [2.24, 2.45) is 11.1 Å². The second-order valence-electron chi connectivity index (χ2n) is 4.67. The monoisotopic (exact) mass is 232 g/mol. The van der Waals surface area contributed by atoms with Crippen LogP contribution in [-0.4, -0.2) is 28.9 Å². The molecule has 0 aliphatic carbocycles. The first-order valence-corrected chi connectivity index (χ1v) is 6.30. The number of likely N-dealkylation sites (tertiary alicyclic amines) is 1. The van der Waals surface area contributed by atoms with Crippen molar-refractivity contribution in [3.05, 3.63) is 35.9 Å². The SMILES string of the molecule is CCC1CN(Cc2ccccc2)CC/C1=N\O. The summed E-state index contributed by atoms with van der Waals surface area (Å²) < 4.78 is 0. The molecule has 1 aliphatic heterocycles. The van der Waals surface area contributed by atoms with Gasteiger partial charge in [0.25, 0.3) is 0 Å². The van der Waals surface area contributed by atoms with Crippen LogP contribution in [0.1, 0.15) is 25.3 Å². The van der Waals surface area contributed by atoms with Crippen molar-refractivity contribution in [1.82, 2.24) is 4.90 Å². The molecule has 0 saturated carbocycles. The van der Waals surface area contributed by atoms with Crippen LogP contribution >= 0.6 is 0 Å². The van der Waals surface area contributed by atoms with Gasteiger partial charge in [-0.2, -0.15) is 0 Å². The Labute approximate surface area is 103 Å². The number of rotatable bonds is 3. The van der Waals surface area contributed by atoms with Crippen molar-refractivity contribution < 1.29 is 5.21 Å². The van der Waals surface area contributed by atoms with Gasteiger partial charge in [0, 0.05) is 32.0 Å². The first kappa shape index (κ1) is 12.1. The van der Waals surface area contributed by atoms with Gasteiger partial charge in [0.1, 0.15) is 0 Å². The van der Waals surface area contributed by atoms with Gasteiger partial charge < -0.3 is 5.21 Å². The van der Waals surface area contributed by atoms with E-state index >= 15 is 0 Å². The van der Waals surface area contributed by atoms with Crippen LogP contribution in [-0.2, 0) is 6.54 Å². The average Bonchev–Trinajstić information content (AvgIpc) is 2.40. The number of nitrogens with zero attached hydrogens (tertiary/aromatic N) is 2. The van der Waals surface area contributed by atoms with Crippen molar-refractivity contribution in [2.45, 2.75) is 26.3 Å². The summed E-state index contributed by atoms with van der Waals surface area (Å²) in [7, 11) is 0. The van der Waals surface area contributed by atoms with Crippen molar-refractivity contribution in [1.29, 1.82) is 0 Å². The van der Waals surface area contributed by atoms with Gasteiger partial charge in [0.05, 0.1) is 5.71 Å². The van der Waals surface area contributed by atoms with Gasteiger partial charge in [-0.15, -0.1) is 0 Å². The van der Waals surface area contributed by atoms with Gasteiger partial charge in [-0.25, -0.2) is 0 Å². The Morgan fingerprint density at radius 3 is 2.76 bits per heavy atom. The van der Waals surface area contributed by atoms with E-state index in [2.05, 4.69) is 41.2 Å². The molecule has 0 bridgehead atoms. The average molecular weight is 232 g/mol. The molecule has 1 aliphatic rings. The molecule has 1 aromatic carbocycles. The Morgan fingerprint density at radius 1 is 1.35 bits per heavy atom. The summed E-state index contributed by atoms with van der Waals surface area (Å²) in [5.41, 5.74) is 2.32. The zero-order valence-electron chi connectivity index (χ0n) is 10.3. The van der Waals surface area contributed by atoms with E-state index in [9.17, 15) is 0 Å². The maximum absolute atomic E-state index is 8.94. The molecule has 3 nitrogen and oxygen atoms in total. The molecule has 1 fully saturated rings. The van der Waals surface area contributed by atoms with Crippen molar-refractivity contribution in [2.75, 3.05) is 13.1 Å². The topological polar surface area (TPSA) is 35.8 Å². The van der Waals surface area contributed by atoms with Crippen LogP contribution in [0.3, 0.4) is 0 Å². The summed E-state index contributed by atoms with van der Waals surface area (Å²) in [5.74, 6) is 0.414. The molecule has 2 rings (SSSR count). The summed E-state index contributed by atoms with van der Waals surface area (Å²) in [6.07, 6.45) is 1.94. The summed E-state index contributed by atoms with van der Waals surface area (Å²) in [5, 5.41) is 12.4. The van der Waals surface area contributed by atoms with Crippen molar-refractivity contribution >= 4 is 5.71 Å². The molecule has 0 spiro atoms. The quantitative estimate of drug-likeness (QED) is 0.642. The third kappa shape index (κ3) is 3.07.